The van der Waals surface area contributed by atoms with Gasteiger partial charge in [0.05, 0.1) is 18.6 Å². The van der Waals surface area contributed by atoms with Gasteiger partial charge in [-0.3, -0.25) is 4.79 Å². The average Bonchev–Trinajstić information content (AvgIpc) is 2.49. The Morgan fingerprint density at radius 2 is 1.81 bits per heavy atom. The molecule has 1 heterocycles. The van der Waals surface area contributed by atoms with Gasteiger partial charge in [-0.2, -0.15) is 0 Å². The number of para-hydroxylation sites is 1. The van der Waals surface area contributed by atoms with E-state index in [1.165, 1.54) is 0 Å². The van der Waals surface area contributed by atoms with Gasteiger partial charge in [-0.15, -0.1) is 0 Å². The number of hydrogen-bond acceptors (Lipinski definition) is 3. The Hall–Kier alpha value is -2.13. The van der Waals surface area contributed by atoms with Crippen LogP contribution in [-0.2, 0) is 22.6 Å². The first kappa shape index (κ1) is 13.8. The second kappa shape index (κ2) is 5.70. The van der Waals surface area contributed by atoms with Crippen LogP contribution in [0.4, 0.5) is 0 Å². The summed E-state index contributed by atoms with van der Waals surface area (Å²) in [5, 5.41) is 0. The molecule has 0 saturated carbocycles. The second-order valence-electron chi connectivity index (χ2n) is 5.71. The van der Waals surface area contributed by atoms with Gasteiger partial charge in [0.1, 0.15) is 5.75 Å². The van der Waals surface area contributed by atoms with Gasteiger partial charge in [-0.05, 0) is 30.5 Å². The minimum absolute atomic E-state index is 0.214. The van der Waals surface area contributed by atoms with Crippen molar-refractivity contribution in [2.75, 3.05) is 6.61 Å². The highest BCUT2D eigenvalue weighted by Gasteiger charge is 2.40. The molecule has 0 spiro atoms. The van der Waals surface area contributed by atoms with E-state index in [0.29, 0.717) is 25.4 Å². The number of hydrogen-bond donors (Lipinski definition) is 0. The van der Waals surface area contributed by atoms with Gasteiger partial charge in [0.25, 0.3) is 0 Å². The molecule has 3 heteroatoms. The number of esters is 1. The fourth-order valence-corrected chi connectivity index (χ4v) is 2.54. The lowest BCUT2D eigenvalue weighted by Crippen LogP contribution is -2.41. The molecule has 0 saturated heterocycles. The summed E-state index contributed by atoms with van der Waals surface area (Å²) >= 11 is 0. The summed E-state index contributed by atoms with van der Waals surface area (Å²) in [5.74, 6) is 0.456. The molecule has 2 aromatic carbocycles. The van der Waals surface area contributed by atoms with E-state index in [4.69, 9.17) is 9.47 Å². The SMILES string of the molecule is CC1(COCc2ccccc2)Cc2ccccc2OC1=O. The van der Waals surface area contributed by atoms with E-state index >= 15 is 0 Å². The van der Waals surface area contributed by atoms with Gasteiger partial charge in [-0.25, -0.2) is 0 Å². The lowest BCUT2D eigenvalue weighted by molar-refractivity contribution is -0.150. The first-order chi connectivity index (χ1) is 10.2. The molecule has 2 aromatic rings. The number of carbonyl (C=O) groups excluding carboxylic acids is 1. The van der Waals surface area contributed by atoms with Crippen LogP contribution in [0.15, 0.2) is 54.6 Å². The zero-order valence-electron chi connectivity index (χ0n) is 12.0. The highest BCUT2D eigenvalue weighted by atomic mass is 16.5. The van der Waals surface area contributed by atoms with Crippen molar-refractivity contribution in [1.82, 2.24) is 0 Å². The minimum Gasteiger partial charge on any atom is -0.426 e. The molecule has 21 heavy (non-hydrogen) atoms. The van der Waals surface area contributed by atoms with Crippen LogP contribution >= 0.6 is 0 Å². The summed E-state index contributed by atoms with van der Waals surface area (Å²) in [4.78, 5) is 12.2. The third kappa shape index (κ3) is 2.98. The van der Waals surface area contributed by atoms with Gasteiger partial charge in [0, 0.05) is 0 Å². The Bertz CT molecular complexity index is 636. The third-order valence-electron chi connectivity index (χ3n) is 3.78. The number of rotatable bonds is 4. The lowest BCUT2D eigenvalue weighted by Gasteiger charge is -2.32. The number of fused-ring (bicyclic) bond motifs is 1. The molecule has 0 amide bonds. The Kier molecular flexibility index (Phi) is 3.76. The average molecular weight is 282 g/mol. The maximum absolute atomic E-state index is 12.2. The predicted octanol–water partition coefficient (Wildman–Crippen LogP) is 3.37. The largest absolute Gasteiger partial charge is 0.426 e. The highest BCUT2D eigenvalue weighted by molar-refractivity contribution is 5.81. The van der Waals surface area contributed by atoms with Gasteiger partial charge < -0.3 is 9.47 Å². The Morgan fingerprint density at radius 3 is 2.62 bits per heavy atom. The molecule has 3 rings (SSSR count). The van der Waals surface area contributed by atoms with E-state index in [1.807, 2.05) is 61.5 Å². The monoisotopic (exact) mass is 282 g/mol. The van der Waals surface area contributed by atoms with Gasteiger partial charge in [0.15, 0.2) is 0 Å². The quantitative estimate of drug-likeness (QED) is 0.637. The first-order valence-corrected chi connectivity index (χ1v) is 7.09. The van der Waals surface area contributed by atoms with Crippen molar-refractivity contribution in [2.45, 2.75) is 20.0 Å². The Morgan fingerprint density at radius 1 is 1.10 bits per heavy atom. The van der Waals surface area contributed by atoms with Crippen molar-refractivity contribution >= 4 is 5.97 Å². The van der Waals surface area contributed by atoms with Crippen molar-refractivity contribution in [1.29, 1.82) is 0 Å². The van der Waals surface area contributed by atoms with Crippen LogP contribution in [-0.4, -0.2) is 12.6 Å². The predicted molar refractivity (Wildman–Crippen MR) is 80.0 cm³/mol. The summed E-state index contributed by atoms with van der Waals surface area (Å²) in [7, 11) is 0. The van der Waals surface area contributed by atoms with E-state index in [2.05, 4.69) is 0 Å². The summed E-state index contributed by atoms with van der Waals surface area (Å²) in [6.45, 7) is 2.76. The fraction of sp³-hybridized carbons (Fsp3) is 0.278. The van der Waals surface area contributed by atoms with Crippen LogP contribution in [0.1, 0.15) is 18.1 Å². The Balaban J connectivity index is 1.66. The number of ether oxygens (including phenoxy) is 2. The summed E-state index contributed by atoms with van der Waals surface area (Å²) in [5.41, 5.74) is 1.54. The normalized spacial score (nSPS) is 20.7. The molecular formula is C18H18O3. The second-order valence-corrected chi connectivity index (χ2v) is 5.71. The molecule has 1 aliphatic rings. The smallest absolute Gasteiger partial charge is 0.319 e. The summed E-state index contributed by atoms with van der Waals surface area (Å²) in [6.07, 6.45) is 0.650. The van der Waals surface area contributed by atoms with Crippen LogP contribution in [0.2, 0.25) is 0 Å². The number of benzene rings is 2. The maximum atomic E-state index is 12.2. The van der Waals surface area contributed by atoms with Crippen molar-refractivity contribution in [3.8, 4) is 5.75 Å². The van der Waals surface area contributed by atoms with Crippen LogP contribution in [0, 0.1) is 5.41 Å². The highest BCUT2D eigenvalue weighted by Crippen LogP contribution is 2.35. The third-order valence-corrected chi connectivity index (χ3v) is 3.78. The molecule has 0 aromatic heterocycles. The zero-order valence-corrected chi connectivity index (χ0v) is 12.0. The van der Waals surface area contributed by atoms with Crippen LogP contribution < -0.4 is 4.74 Å². The van der Waals surface area contributed by atoms with Crippen LogP contribution in [0.3, 0.4) is 0 Å². The van der Waals surface area contributed by atoms with Gasteiger partial charge in [-0.1, -0.05) is 48.5 Å². The maximum Gasteiger partial charge on any atom is 0.319 e. The van der Waals surface area contributed by atoms with Crippen LogP contribution in [0.25, 0.3) is 0 Å². The van der Waals surface area contributed by atoms with E-state index in [-0.39, 0.29) is 5.97 Å². The van der Waals surface area contributed by atoms with Crippen molar-refractivity contribution in [3.63, 3.8) is 0 Å². The lowest BCUT2D eigenvalue weighted by atomic mass is 9.82. The molecular weight excluding hydrogens is 264 g/mol. The van der Waals surface area contributed by atoms with Crippen LogP contribution in [0.5, 0.6) is 5.75 Å². The molecule has 1 atom stereocenters. The number of carbonyl (C=O) groups is 1. The zero-order chi connectivity index (χ0) is 14.7. The topological polar surface area (TPSA) is 35.5 Å². The molecule has 0 N–H and O–H groups in total. The van der Waals surface area contributed by atoms with Gasteiger partial charge >= 0.3 is 5.97 Å². The van der Waals surface area contributed by atoms with E-state index in [1.54, 1.807) is 0 Å². The minimum atomic E-state index is -0.622. The molecule has 3 nitrogen and oxygen atoms in total. The van der Waals surface area contributed by atoms with E-state index in [0.717, 1.165) is 11.1 Å². The summed E-state index contributed by atoms with van der Waals surface area (Å²) < 4.78 is 11.2. The van der Waals surface area contributed by atoms with Gasteiger partial charge in [0.2, 0.25) is 0 Å². The Labute approximate surface area is 124 Å². The van der Waals surface area contributed by atoms with Crippen molar-refractivity contribution < 1.29 is 14.3 Å². The first-order valence-electron chi connectivity index (χ1n) is 7.09. The molecule has 1 unspecified atom stereocenters. The fourth-order valence-electron chi connectivity index (χ4n) is 2.54. The van der Waals surface area contributed by atoms with E-state index < -0.39 is 5.41 Å². The molecule has 0 radical (unpaired) electrons. The summed E-state index contributed by atoms with van der Waals surface area (Å²) in [6, 6.07) is 17.6. The standard InChI is InChI=1S/C18H18O3/c1-18(13-20-12-14-7-3-2-4-8-14)11-15-9-5-6-10-16(15)21-17(18)19/h2-10H,11-13H2,1H3. The van der Waals surface area contributed by atoms with E-state index in [9.17, 15) is 4.79 Å². The molecule has 1 aliphatic heterocycles. The molecule has 0 aliphatic carbocycles. The van der Waals surface area contributed by atoms with Crippen molar-refractivity contribution in [3.05, 3.63) is 65.7 Å². The molecule has 0 fully saturated rings. The molecule has 108 valence electrons. The van der Waals surface area contributed by atoms with Crippen molar-refractivity contribution in [2.24, 2.45) is 5.41 Å². The molecule has 0 bridgehead atoms.